The van der Waals surface area contributed by atoms with Crippen molar-refractivity contribution in [1.82, 2.24) is 9.88 Å². The highest BCUT2D eigenvalue weighted by Crippen LogP contribution is 2.36. The molecule has 0 bridgehead atoms. The predicted octanol–water partition coefficient (Wildman–Crippen LogP) is 4.55. The van der Waals surface area contributed by atoms with E-state index in [0.717, 1.165) is 25.7 Å². The third-order valence-electron chi connectivity index (χ3n) is 5.26. The summed E-state index contributed by atoms with van der Waals surface area (Å²) in [5, 5.41) is 0. The third-order valence-corrected chi connectivity index (χ3v) is 5.26. The van der Waals surface area contributed by atoms with E-state index in [0.29, 0.717) is 36.9 Å². The van der Waals surface area contributed by atoms with Gasteiger partial charge in [0.05, 0.1) is 20.3 Å². The SMILES string of the molecule is CCC.COC(N)=O.NCc1oc(-c2ccc(OC(F)F)c(OCC3CC3)c2)nc1C(=O)N1CCCC1. The Hall–Kier alpha value is -3.41. The summed E-state index contributed by atoms with van der Waals surface area (Å²) >= 11 is 0. The number of carbonyl (C=O) groups excluding carboxylic acids is 2. The first-order valence-corrected chi connectivity index (χ1v) is 12.3. The predicted molar refractivity (Wildman–Crippen MR) is 132 cm³/mol. The van der Waals surface area contributed by atoms with Crippen molar-refractivity contribution in [1.29, 1.82) is 0 Å². The van der Waals surface area contributed by atoms with Crippen LogP contribution in [0.1, 0.15) is 62.2 Å². The van der Waals surface area contributed by atoms with E-state index in [9.17, 15) is 18.4 Å². The fraction of sp³-hybridized carbons (Fsp3) is 0.560. The van der Waals surface area contributed by atoms with Gasteiger partial charge in [-0.15, -0.1) is 0 Å². The van der Waals surface area contributed by atoms with Crippen LogP contribution in [0.2, 0.25) is 0 Å². The molecule has 2 fully saturated rings. The van der Waals surface area contributed by atoms with Crippen molar-refractivity contribution >= 4 is 12.0 Å². The Morgan fingerprint density at radius 3 is 2.32 bits per heavy atom. The summed E-state index contributed by atoms with van der Waals surface area (Å²) in [4.78, 5) is 28.2. The summed E-state index contributed by atoms with van der Waals surface area (Å²) in [7, 11) is 1.22. The van der Waals surface area contributed by atoms with Gasteiger partial charge in [-0.25, -0.2) is 9.78 Å². The average molecular weight is 527 g/mol. The lowest BCUT2D eigenvalue weighted by atomic mass is 10.2. The number of rotatable bonds is 8. The molecule has 1 aromatic heterocycles. The molecule has 206 valence electrons. The van der Waals surface area contributed by atoms with Gasteiger partial charge in [-0.3, -0.25) is 4.79 Å². The Morgan fingerprint density at radius 1 is 1.19 bits per heavy atom. The molecule has 1 aliphatic carbocycles. The lowest BCUT2D eigenvalue weighted by molar-refractivity contribution is -0.0515. The number of carbonyl (C=O) groups is 2. The largest absolute Gasteiger partial charge is 0.489 e. The van der Waals surface area contributed by atoms with Gasteiger partial charge < -0.3 is 35.0 Å². The number of nitrogens with zero attached hydrogens (tertiary/aromatic N) is 2. The highest BCUT2D eigenvalue weighted by atomic mass is 19.3. The topological polar surface area (TPSA) is 143 Å². The summed E-state index contributed by atoms with van der Waals surface area (Å²) in [6, 6.07) is 4.46. The summed E-state index contributed by atoms with van der Waals surface area (Å²) in [6.45, 7) is 3.12. The van der Waals surface area contributed by atoms with Gasteiger partial charge in [0, 0.05) is 18.7 Å². The molecule has 2 aliphatic rings. The van der Waals surface area contributed by atoms with Crippen molar-refractivity contribution in [2.45, 2.75) is 59.1 Å². The van der Waals surface area contributed by atoms with E-state index >= 15 is 0 Å². The monoisotopic (exact) mass is 526 g/mol. The van der Waals surface area contributed by atoms with Gasteiger partial charge in [-0.1, -0.05) is 20.3 Å². The minimum absolute atomic E-state index is 0.0273. The zero-order valence-corrected chi connectivity index (χ0v) is 21.5. The van der Waals surface area contributed by atoms with Crippen molar-refractivity contribution < 1.29 is 37.0 Å². The van der Waals surface area contributed by atoms with E-state index < -0.39 is 12.7 Å². The summed E-state index contributed by atoms with van der Waals surface area (Å²) < 4.78 is 45.3. The standard InChI is InChI=1S/C20H23F2N3O4.C3H8.C2H5NO2/c21-20(22)29-14-6-5-13(9-15(14)27-11-12-3-4-12)18-24-17(16(10-23)28-18)19(26)25-7-1-2-8-25;1-3-2;1-5-2(3)4/h5-6,9,12,20H,1-4,7-8,10-11,23H2;3H2,1-2H3;1H3,(H2,3,4). The van der Waals surface area contributed by atoms with Gasteiger partial charge in [0.1, 0.15) is 0 Å². The molecule has 10 nitrogen and oxygen atoms in total. The minimum Gasteiger partial charge on any atom is -0.489 e. The van der Waals surface area contributed by atoms with Crippen LogP contribution in [0.5, 0.6) is 11.5 Å². The quantitative estimate of drug-likeness (QED) is 0.510. The van der Waals surface area contributed by atoms with Crippen LogP contribution in [0.15, 0.2) is 22.6 Å². The number of likely N-dealkylation sites (tertiary alicyclic amines) is 1. The molecule has 2 amide bonds. The zero-order valence-electron chi connectivity index (χ0n) is 21.5. The molecule has 1 aromatic carbocycles. The highest BCUT2D eigenvalue weighted by molar-refractivity contribution is 5.94. The molecule has 2 heterocycles. The lowest BCUT2D eigenvalue weighted by Crippen LogP contribution is -2.29. The first kappa shape index (κ1) is 29.8. The zero-order chi connectivity index (χ0) is 27.4. The summed E-state index contributed by atoms with van der Waals surface area (Å²) in [5.74, 6) is 0.852. The van der Waals surface area contributed by atoms with Crippen molar-refractivity contribution in [2.24, 2.45) is 17.4 Å². The summed E-state index contributed by atoms with van der Waals surface area (Å²) in [6.07, 6.45) is 4.55. The molecule has 4 N–H and O–H groups in total. The van der Waals surface area contributed by atoms with E-state index in [1.165, 1.54) is 31.7 Å². The van der Waals surface area contributed by atoms with E-state index in [-0.39, 0.29) is 35.5 Å². The van der Waals surface area contributed by atoms with Crippen LogP contribution in [0.3, 0.4) is 0 Å². The number of halogens is 2. The molecule has 37 heavy (non-hydrogen) atoms. The van der Waals surface area contributed by atoms with Gasteiger partial charge in [-0.05, 0) is 49.8 Å². The number of benzene rings is 1. The fourth-order valence-electron chi connectivity index (χ4n) is 3.29. The number of nitrogens with two attached hydrogens (primary N) is 2. The highest BCUT2D eigenvalue weighted by Gasteiger charge is 2.27. The maximum atomic E-state index is 12.7. The van der Waals surface area contributed by atoms with E-state index in [2.05, 4.69) is 34.0 Å². The second-order valence-electron chi connectivity index (χ2n) is 8.52. The van der Waals surface area contributed by atoms with Crippen LogP contribution in [-0.2, 0) is 11.3 Å². The van der Waals surface area contributed by atoms with Gasteiger partial charge in [0.15, 0.2) is 23.0 Å². The Balaban J connectivity index is 0.000000530. The number of alkyl halides is 2. The lowest BCUT2D eigenvalue weighted by Gasteiger charge is -2.13. The molecule has 1 saturated carbocycles. The Kier molecular flexibility index (Phi) is 12.1. The molecule has 1 aliphatic heterocycles. The van der Waals surface area contributed by atoms with Gasteiger partial charge >= 0.3 is 12.7 Å². The Labute approximate surface area is 215 Å². The van der Waals surface area contributed by atoms with Gasteiger partial charge in [0.2, 0.25) is 5.89 Å². The van der Waals surface area contributed by atoms with E-state index in [4.69, 9.17) is 14.9 Å². The van der Waals surface area contributed by atoms with Crippen LogP contribution in [0, 0.1) is 5.92 Å². The number of ether oxygens (including phenoxy) is 3. The van der Waals surface area contributed by atoms with Crippen LogP contribution in [0.4, 0.5) is 13.6 Å². The van der Waals surface area contributed by atoms with Crippen molar-refractivity contribution in [2.75, 3.05) is 26.8 Å². The normalized spacial score (nSPS) is 14.3. The van der Waals surface area contributed by atoms with Gasteiger partial charge in [-0.2, -0.15) is 8.78 Å². The fourth-order valence-corrected chi connectivity index (χ4v) is 3.29. The number of methoxy groups -OCH3 is 1. The van der Waals surface area contributed by atoms with Crippen molar-refractivity contribution in [3.8, 4) is 23.0 Å². The molecule has 0 spiro atoms. The van der Waals surface area contributed by atoms with Crippen LogP contribution in [-0.4, -0.2) is 55.3 Å². The number of hydrogen-bond acceptors (Lipinski definition) is 8. The Bertz CT molecular complexity index is 1010. The molecule has 1 saturated heterocycles. The van der Waals surface area contributed by atoms with E-state index in [1.807, 2.05) is 0 Å². The number of primary amides is 1. The van der Waals surface area contributed by atoms with Crippen molar-refractivity contribution in [3.63, 3.8) is 0 Å². The average Bonchev–Trinajstić information content (AvgIpc) is 3.35. The molecule has 2 aromatic rings. The third kappa shape index (κ3) is 9.52. The summed E-state index contributed by atoms with van der Waals surface area (Å²) in [5.41, 5.74) is 10.9. The molecule has 0 radical (unpaired) electrons. The van der Waals surface area contributed by atoms with Crippen LogP contribution < -0.4 is 20.9 Å². The van der Waals surface area contributed by atoms with Crippen molar-refractivity contribution in [3.05, 3.63) is 29.7 Å². The number of oxazole rings is 1. The smallest absolute Gasteiger partial charge is 0.404 e. The number of aromatic nitrogens is 1. The number of amides is 2. The Morgan fingerprint density at radius 2 is 1.81 bits per heavy atom. The molecule has 4 rings (SSSR count). The molecule has 0 unspecified atom stereocenters. The minimum atomic E-state index is -2.96. The molecule has 12 heteroatoms. The van der Waals surface area contributed by atoms with E-state index in [1.54, 1.807) is 4.90 Å². The first-order chi connectivity index (χ1) is 17.7. The molecule has 0 atom stereocenters. The van der Waals surface area contributed by atoms with Crippen LogP contribution >= 0.6 is 0 Å². The number of hydrogen-bond donors (Lipinski definition) is 2. The second kappa shape index (κ2) is 15.0. The molecular weight excluding hydrogens is 490 g/mol. The van der Waals surface area contributed by atoms with Crippen LogP contribution in [0.25, 0.3) is 11.5 Å². The maximum Gasteiger partial charge on any atom is 0.404 e. The molecular formula is C25H36F2N4O6. The second-order valence-corrected chi connectivity index (χ2v) is 8.52. The maximum absolute atomic E-state index is 12.7. The van der Waals surface area contributed by atoms with Gasteiger partial charge in [0.25, 0.3) is 5.91 Å². The first-order valence-electron chi connectivity index (χ1n) is 12.3.